The van der Waals surface area contributed by atoms with Crippen LogP contribution in [0.15, 0.2) is 66.7 Å². The maximum absolute atomic E-state index is 6.32. The monoisotopic (exact) mass is 371 g/mol. The van der Waals surface area contributed by atoms with Crippen LogP contribution in [0.5, 0.6) is 0 Å². The SMILES string of the molecule is CC(C)(C)c1ccc(C(C)(C)C)c(-c2ccc(-c3ccccc3)cc2)c1CN. The fraction of sp³-hybridized carbons (Fsp3) is 0.333. The topological polar surface area (TPSA) is 26.0 Å². The Kier molecular flexibility index (Phi) is 5.50. The molecule has 1 heteroatoms. The van der Waals surface area contributed by atoms with Gasteiger partial charge in [-0.2, -0.15) is 0 Å². The molecule has 0 aliphatic rings. The molecule has 146 valence electrons. The molecule has 28 heavy (non-hydrogen) atoms. The molecule has 0 aromatic heterocycles. The molecular formula is C27H33N. The van der Waals surface area contributed by atoms with E-state index in [4.69, 9.17) is 5.73 Å². The van der Waals surface area contributed by atoms with Crippen LogP contribution in [0, 0.1) is 0 Å². The van der Waals surface area contributed by atoms with Crippen molar-refractivity contribution in [3.63, 3.8) is 0 Å². The Hall–Kier alpha value is -2.38. The summed E-state index contributed by atoms with van der Waals surface area (Å²) in [5.41, 5.74) is 15.4. The third-order valence-electron chi connectivity index (χ3n) is 5.41. The quantitative estimate of drug-likeness (QED) is 0.523. The molecule has 3 aromatic carbocycles. The summed E-state index contributed by atoms with van der Waals surface area (Å²) in [6.45, 7) is 14.2. The smallest absolute Gasteiger partial charge is 0.0187 e. The van der Waals surface area contributed by atoms with E-state index in [0.29, 0.717) is 6.54 Å². The maximum Gasteiger partial charge on any atom is 0.0187 e. The van der Waals surface area contributed by atoms with Crippen molar-refractivity contribution in [3.05, 3.63) is 83.4 Å². The Morgan fingerprint density at radius 3 is 1.54 bits per heavy atom. The van der Waals surface area contributed by atoms with E-state index in [2.05, 4.69) is 108 Å². The molecule has 0 aliphatic carbocycles. The summed E-state index contributed by atoms with van der Waals surface area (Å²) in [6.07, 6.45) is 0. The van der Waals surface area contributed by atoms with Crippen molar-refractivity contribution in [2.75, 3.05) is 0 Å². The first-order valence-electron chi connectivity index (χ1n) is 10.2. The second-order valence-corrected chi connectivity index (χ2v) is 9.66. The van der Waals surface area contributed by atoms with E-state index in [1.54, 1.807) is 0 Å². The molecule has 0 spiro atoms. The van der Waals surface area contributed by atoms with Gasteiger partial charge in [0.2, 0.25) is 0 Å². The van der Waals surface area contributed by atoms with Gasteiger partial charge in [-0.05, 0) is 49.8 Å². The first kappa shape index (κ1) is 20.4. The molecule has 0 fully saturated rings. The minimum Gasteiger partial charge on any atom is -0.326 e. The molecule has 3 aromatic rings. The van der Waals surface area contributed by atoms with E-state index in [1.807, 2.05) is 0 Å². The molecule has 0 bridgehead atoms. The second kappa shape index (κ2) is 7.56. The zero-order valence-electron chi connectivity index (χ0n) is 18.1. The van der Waals surface area contributed by atoms with Crippen molar-refractivity contribution in [1.29, 1.82) is 0 Å². The minimum atomic E-state index is 0.0494. The Morgan fingerprint density at radius 1 is 0.571 bits per heavy atom. The van der Waals surface area contributed by atoms with Crippen LogP contribution in [0.1, 0.15) is 58.2 Å². The number of benzene rings is 3. The zero-order valence-corrected chi connectivity index (χ0v) is 18.1. The lowest BCUT2D eigenvalue weighted by Gasteiger charge is -2.30. The lowest BCUT2D eigenvalue weighted by atomic mass is 9.74. The highest BCUT2D eigenvalue weighted by Crippen LogP contribution is 2.40. The summed E-state index contributed by atoms with van der Waals surface area (Å²) in [6, 6.07) is 24.1. The van der Waals surface area contributed by atoms with Gasteiger partial charge in [-0.15, -0.1) is 0 Å². The first-order valence-corrected chi connectivity index (χ1v) is 10.2. The van der Waals surface area contributed by atoms with Gasteiger partial charge in [-0.3, -0.25) is 0 Å². The van der Waals surface area contributed by atoms with Crippen molar-refractivity contribution in [1.82, 2.24) is 0 Å². The summed E-state index contributed by atoms with van der Waals surface area (Å²) in [5, 5.41) is 0. The van der Waals surface area contributed by atoms with Gasteiger partial charge in [0.1, 0.15) is 0 Å². The molecular weight excluding hydrogens is 338 g/mol. The number of nitrogens with two attached hydrogens (primary N) is 1. The van der Waals surface area contributed by atoms with Crippen LogP contribution in [0.25, 0.3) is 22.3 Å². The van der Waals surface area contributed by atoms with Gasteiger partial charge in [-0.1, -0.05) is 108 Å². The van der Waals surface area contributed by atoms with Crippen molar-refractivity contribution in [2.24, 2.45) is 5.73 Å². The van der Waals surface area contributed by atoms with Crippen LogP contribution in [0.4, 0.5) is 0 Å². The normalized spacial score (nSPS) is 12.2. The van der Waals surface area contributed by atoms with E-state index in [-0.39, 0.29) is 10.8 Å². The Bertz CT molecular complexity index is 937. The standard InChI is InChI=1S/C27H33N/c1-26(2,3)23-16-17-24(27(4,5)6)25(22(23)18-28)21-14-12-20(13-15-21)19-10-8-7-9-11-19/h7-17H,18,28H2,1-6H3. The predicted octanol–water partition coefficient (Wildman–Crippen LogP) is 7.07. The van der Waals surface area contributed by atoms with Gasteiger partial charge in [0, 0.05) is 6.54 Å². The van der Waals surface area contributed by atoms with Crippen LogP contribution in [0.2, 0.25) is 0 Å². The Labute approximate surface area is 170 Å². The molecule has 3 rings (SSSR count). The molecule has 0 saturated heterocycles. The summed E-state index contributed by atoms with van der Waals surface area (Å²) < 4.78 is 0. The molecule has 1 nitrogen and oxygen atoms in total. The highest BCUT2D eigenvalue weighted by molar-refractivity contribution is 5.77. The van der Waals surface area contributed by atoms with Gasteiger partial charge in [0.25, 0.3) is 0 Å². The Balaban J connectivity index is 2.21. The van der Waals surface area contributed by atoms with Crippen LogP contribution in [-0.2, 0) is 17.4 Å². The molecule has 0 radical (unpaired) electrons. The fourth-order valence-electron chi connectivity index (χ4n) is 3.98. The molecule has 0 saturated carbocycles. The third-order valence-corrected chi connectivity index (χ3v) is 5.41. The van der Waals surface area contributed by atoms with Crippen LogP contribution in [-0.4, -0.2) is 0 Å². The molecule has 0 atom stereocenters. The van der Waals surface area contributed by atoms with Crippen molar-refractivity contribution in [3.8, 4) is 22.3 Å². The number of hydrogen-bond donors (Lipinski definition) is 1. The minimum absolute atomic E-state index is 0.0494. The van der Waals surface area contributed by atoms with Crippen molar-refractivity contribution in [2.45, 2.75) is 58.9 Å². The molecule has 2 N–H and O–H groups in total. The Morgan fingerprint density at radius 2 is 1.04 bits per heavy atom. The molecule has 0 amide bonds. The van der Waals surface area contributed by atoms with Crippen molar-refractivity contribution >= 4 is 0 Å². The van der Waals surface area contributed by atoms with E-state index in [1.165, 1.54) is 38.9 Å². The van der Waals surface area contributed by atoms with Crippen molar-refractivity contribution < 1.29 is 0 Å². The highest BCUT2D eigenvalue weighted by atomic mass is 14.5. The third kappa shape index (κ3) is 4.05. The summed E-state index contributed by atoms with van der Waals surface area (Å²) >= 11 is 0. The number of hydrogen-bond acceptors (Lipinski definition) is 1. The van der Waals surface area contributed by atoms with Gasteiger partial charge in [0.15, 0.2) is 0 Å². The average molecular weight is 372 g/mol. The summed E-state index contributed by atoms with van der Waals surface area (Å²) in [7, 11) is 0. The first-order chi connectivity index (χ1) is 13.1. The lowest BCUT2D eigenvalue weighted by molar-refractivity contribution is 0.571. The average Bonchev–Trinajstić information content (AvgIpc) is 2.66. The van der Waals surface area contributed by atoms with Crippen LogP contribution < -0.4 is 5.73 Å². The van der Waals surface area contributed by atoms with Crippen LogP contribution >= 0.6 is 0 Å². The molecule has 0 unspecified atom stereocenters. The highest BCUT2D eigenvalue weighted by Gasteiger charge is 2.26. The van der Waals surface area contributed by atoms with E-state index in [0.717, 1.165) is 0 Å². The lowest BCUT2D eigenvalue weighted by Crippen LogP contribution is -2.21. The van der Waals surface area contributed by atoms with Gasteiger partial charge >= 0.3 is 0 Å². The predicted molar refractivity (Wildman–Crippen MR) is 123 cm³/mol. The molecule has 0 heterocycles. The zero-order chi connectivity index (χ0) is 20.5. The molecule has 0 aliphatic heterocycles. The van der Waals surface area contributed by atoms with Gasteiger partial charge < -0.3 is 5.73 Å². The summed E-state index contributed by atoms with van der Waals surface area (Å²) in [5.74, 6) is 0. The van der Waals surface area contributed by atoms with Gasteiger partial charge in [0.05, 0.1) is 0 Å². The maximum atomic E-state index is 6.32. The second-order valence-electron chi connectivity index (χ2n) is 9.66. The number of rotatable bonds is 3. The van der Waals surface area contributed by atoms with E-state index >= 15 is 0 Å². The fourth-order valence-corrected chi connectivity index (χ4v) is 3.98. The van der Waals surface area contributed by atoms with Crippen LogP contribution in [0.3, 0.4) is 0 Å². The van der Waals surface area contributed by atoms with E-state index < -0.39 is 0 Å². The largest absolute Gasteiger partial charge is 0.326 e. The van der Waals surface area contributed by atoms with E-state index in [9.17, 15) is 0 Å². The summed E-state index contributed by atoms with van der Waals surface area (Å²) in [4.78, 5) is 0. The van der Waals surface area contributed by atoms with Gasteiger partial charge in [-0.25, -0.2) is 0 Å².